The minimum atomic E-state index is -2.02. The number of ketones is 1. The zero-order chi connectivity index (χ0) is 23.1. The highest BCUT2D eigenvalue weighted by Gasteiger charge is 2.47. The van der Waals surface area contributed by atoms with Crippen LogP contribution in [0.4, 0.5) is 0 Å². The van der Waals surface area contributed by atoms with Crippen molar-refractivity contribution in [1.82, 2.24) is 5.32 Å². The van der Waals surface area contributed by atoms with Crippen molar-refractivity contribution in [3.63, 3.8) is 0 Å². The molecule has 1 aromatic heterocycles. The summed E-state index contributed by atoms with van der Waals surface area (Å²) in [6, 6.07) is 1.32. The Morgan fingerprint density at radius 2 is 1.80 bits per heavy atom. The maximum Gasteiger partial charge on any atom is 0.348 e. The third-order valence-corrected chi connectivity index (χ3v) is 11.3. The molecule has 0 saturated carbocycles. The Bertz CT molecular complexity index is 818. The molecule has 1 aliphatic rings. The molecule has 0 aliphatic carbocycles. The number of esters is 1. The number of β-lactam (4-membered cyclic amide) rings is 1. The van der Waals surface area contributed by atoms with Crippen LogP contribution >= 0.6 is 11.3 Å². The summed E-state index contributed by atoms with van der Waals surface area (Å²) in [4.78, 5) is 37.6. The summed E-state index contributed by atoms with van der Waals surface area (Å²) in [7, 11) is -2.02. The van der Waals surface area contributed by atoms with Gasteiger partial charge in [-0.15, -0.1) is 11.3 Å². The number of thiophene rings is 1. The molecule has 0 spiro atoms. The van der Waals surface area contributed by atoms with E-state index in [-0.39, 0.29) is 41.2 Å². The molecular formula is C22H35NO5SSi. The number of nitrogens with one attached hydrogen (secondary N) is 1. The summed E-state index contributed by atoms with van der Waals surface area (Å²) in [5, 5.41) is 4.56. The third kappa shape index (κ3) is 5.80. The minimum Gasteiger partial charge on any atom is -0.456 e. The van der Waals surface area contributed by atoms with Gasteiger partial charge in [0.25, 0.3) is 0 Å². The lowest BCUT2D eigenvalue weighted by molar-refractivity contribution is -0.139. The van der Waals surface area contributed by atoms with Crippen LogP contribution in [-0.2, 0) is 14.0 Å². The van der Waals surface area contributed by atoms with Crippen LogP contribution in [0.1, 0.15) is 74.9 Å². The second-order valence-electron chi connectivity index (χ2n) is 10.6. The molecule has 168 valence electrons. The van der Waals surface area contributed by atoms with E-state index in [1.54, 1.807) is 32.2 Å². The molecule has 0 radical (unpaired) electrons. The molecule has 0 aromatic carbocycles. The predicted molar refractivity (Wildman–Crippen MR) is 122 cm³/mol. The molecule has 1 fully saturated rings. The Morgan fingerprint density at radius 1 is 1.20 bits per heavy atom. The fraction of sp³-hybridized carbons (Fsp3) is 0.682. The number of amides is 1. The van der Waals surface area contributed by atoms with Gasteiger partial charge in [0, 0.05) is 17.4 Å². The zero-order valence-electron chi connectivity index (χ0n) is 19.5. The van der Waals surface area contributed by atoms with E-state index in [9.17, 15) is 14.4 Å². The van der Waals surface area contributed by atoms with Crippen LogP contribution in [0, 0.1) is 5.92 Å². The van der Waals surface area contributed by atoms with Gasteiger partial charge >= 0.3 is 5.97 Å². The Balaban J connectivity index is 2.02. The van der Waals surface area contributed by atoms with Crippen molar-refractivity contribution in [2.75, 3.05) is 0 Å². The molecule has 30 heavy (non-hydrogen) atoms. The maximum absolute atomic E-state index is 12.8. The van der Waals surface area contributed by atoms with Crippen LogP contribution in [0.25, 0.3) is 0 Å². The minimum absolute atomic E-state index is 0.0432. The van der Waals surface area contributed by atoms with Crippen molar-refractivity contribution >= 4 is 37.3 Å². The number of ether oxygens (including phenoxy) is 1. The van der Waals surface area contributed by atoms with Crippen LogP contribution in [0.2, 0.25) is 18.1 Å². The van der Waals surface area contributed by atoms with Gasteiger partial charge in [-0.25, -0.2) is 4.79 Å². The van der Waals surface area contributed by atoms with Gasteiger partial charge in [0.1, 0.15) is 10.5 Å². The fourth-order valence-corrected chi connectivity index (χ4v) is 5.34. The third-order valence-electron chi connectivity index (χ3n) is 5.78. The molecule has 1 aromatic rings. The van der Waals surface area contributed by atoms with Gasteiger partial charge < -0.3 is 14.5 Å². The van der Waals surface area contributed by atoms with Crippen molar-refractivity contribution in [2.24, 2.45) is 5.92 Å². The Labute approximate surface area is 184 Å². The van der Waals surface area contributed by atoms with Gasteiger partial charge in [-0.05, 0) is 51.9 Å². The van der Waals surface area contributed by atoms with Gasteiger partial charge in [0.15, 0.2) is 14.1 Å². The van der Waals surface area contributed by atoms with Crippen LogP contribution in [0.15, 0.2) is 11.4 Å². The van der Waals surface area contributed by atoms with Gasteiger partial charge in [0.2, 0.25) is 5.91 Å². The van der Waals surface area contributed by atoms with Crippen LogP contribution < -0.4 is 5.32 Å². The second kappa shape index (κ2) is 8.55. The number of Topliss-reactive ketones (excluding diaryl/α,β-unsaturated/α-hetero) is 1. The van der Waals surface area contributed by atoms with Gasteiger partial charge in [-0.3, -0.25) is 9.59 Å². The molecular weight excluding hydrogens is 418 g/mol. The lowest BCUT2D eigenvalue weighted by atomic mass is 9.82. The van der Waals surface area contributed by atoms with E-state index in [1.165, 1.54) is 11.3 Å². The second-order valence-corrected chi connectivity index (χ2v) is 16.2. The molecule has 2 heterocycles. The number of carbonyl (C=O) groups excluding carboxylic acids is 3. The average Bonchev–Trinajstić information content (AvgIpc) is 3.00. The predicted octanol–water partition coefficient (Wildman–Crippen LogP) is 4.80. The highest BCUT2D eigenvalue weighted by molar-refractivity contribution is 7.12. The van der Waals surface area contributed by atoms with Crippen molar-refractivity contribution in [1.29, 1.82) is 0 Å². The smallest absolute Gasteiger partial charge is 0.348 e. The largest absolute Gasteiger partial charge is 0.456 e. The fourth-order valence-electron chi connectivity index (χ4n) is 3.12. The van der Waals surface area contributed by atoms with E-state index in [4.69, 9.17) is 9.16 Å². The highest BCUT2D eigenvalue weighted by atomic mass is 32.1. The lowest BCUT2D eigenvalue weighted by Crippen LogP contribution is -2.64. The summed E-state index contributed by atoms with van der Waals surface area (Å²) < 4.78 is 11.7. The number of hydrogen-bond acceptors (Lipinski definition) is 6. The standard InChI is InChI=1S/C22H35NO5SSi/c1-13(28-30(8,9)22(5,6)7)18-15(23-19(18)25)11-16(24)14-10-17(29-12-14)20(26)27-21(2,3)4/h10,12-13,15,18H,11H2,1-9H3,(H,23,25)/t13-,15+,18+/m0/s1. The van der Waals surface area contributed by atoms with Crippen LogP contribution in [-0.4, -0.2) is 43.7 Å². The quantitative estimate of drug-likeness (QED) is 0.277. The van der Waals surface area contributed by atoms with Gasteiger partial charge in [0.05, 0.1) is 18.1 Å². The maximum atomic E-state index is 12.8. The van der Waals surface area contributed by atoms with E-state index < -0.39 is 19.9 Å². The van der Waals surface area contributed by atoms with E-state index >= 15 is 0 Å². The lowest BCUT2D eigenvalue weighted by Gasteiger charge is -2.45. The van der Waals surface area contributed by atoms with E-state index in [0.29, 0.717) is 10.4 Å². The molecule has 0 bridgehead atoms. The van der Waals surface area contributed by atoms with Crippen molar-refractivity contribution in [3.05, 3.63) is 21.9 Å². The summed E-state index contributed by atoms with van der Waals surface area (Å²) in [6.07, 6.45) is -0.0659. The first-order valence-corrected chi connectivity index (χ1v) is 14.1. The SMILES string of the molecule is C[C@H](O[Si](C)(C)C(C)(C)C)[C@H]1C(=O)N[C@@H]1CC(=O)c1csc(C(=O)OC(C)(C)C)c1. The molecule has 8 heteroatoms. The van der Waals surface area contributed by atoms with Crippen LogP contribution in [0.5, 0.6) is 0 Å². The molecule has 1 saturated heterocycles. The normalized spacial score (nSPS) is 20.9. The van der Waals surface area contributed by atoms with Crippen molar-refractivity contribution in [3.8, 4) is 0 Å². The first-order valence-electron chi connectivity index (χ1n) is 10.3. The molecule has 1 aliphatic heterocycles. The average molecular weight is 454 g/mol. The Hall–Kier alpha value is -1.51. The Morgan fingerprint density at radius 3 is 2.30 bits per heavy atom. The number of hydrogen-bond donors (Lipinski definition) is 1. The number of rotatable bonds is 7. The summed E-state index contributed by atoms with van der Waals surface area (Å²) in [6.45, 7) is 18.1. The highest BCUT2D eigenvalue weighted by Crippen LogP contribution is 2.39. The molecule has 1 amide bonds. The van der Waals surface area contributed by atoms with E-state index in [2.05, 4.69) is 39.2 Å². The van der Waals surface area contributed by atoms with Crippen molar-refractivity contribution in [2.45, 2.75) is 90.8 Å². The molecule has 6 nitrogen and oxygen atoms in total. The van der Waals surface area contributed by atoms with Gasteiger partial charge in [-0.1, -0.05) is 20.8 Å². The molecule has 3 atom stereocenters. The summed E-state index contributed by atoms with van der Waals surface area (Å²) in [5.41, 5.74) is -0.117. The molecule has 1 N–H and O–H groups in total. The van der Waals surface area contributed by atoms with Crippen molar-refractivity contribution < 1.29 is 23.5 Å². The summed E-state index contributed by atoms with van der Waals surface area (Å²) >= 11 is 1.20. The van der Waals surface area contributed by atoms with E-state index in [1.807, 2.05) is 6.92 Å². The topological polar surface area (TPSA) is 81.7 Å². The molecule has 2 rings (SSSR count). The first kappa shape index (κ1) is 24.8. The Kier molecular flexibility index (Phi) is 7.06. The number of carbonyl (C=O) groups is 3. The first-order chi connectivity index (χ1) is 13.5. The zero-order valence-corrected chi connectivity index (χ0v) is 21.4. The monoisotopic (exact) mass is 453 g/mol. The molecule has 0 unspecified atom stereocenters. The summed E-state index contributed by atoms with van der Waals surface area (Å²) in [5.74, 6) is -0.945. The van der Waals surface area contributed by atoms with Crippen LogP contribution in [0.3, 0.4) is 0 Å². The van der Waals surface area contributed by atoms with E-state index in [0.717, 1.165) is 0 Å². The van der Waals surface area contributed by atoms with Gasteiger partial charge in [-0.2, -0.15) is 0 Å².